The van der Waals surface area contributed by atoms with Gasteiger partial charge in [0.25, 0.3) is 5.89 Å². The highest BCUT2D eigenvalue weighted by Gasteiger charge is 2.19. The van der Waals surface area contributed by atoms with Gasteiger partial charge < -0.3 is 14.4 Å². The van der Waals surface area contributed by atoms with Gasteiger partial charge in [-0.25, -0.2) is 4.98 Å². The first-order valence-electron chi connectivity index (χ1n) is 11.8. The van der Waals surface area contributed by atoms with Crippen molar-refractivity contribution in [2.24, 2.45) is 0 Å². The van der Waals surface area contributed by atoms with E-state index in [9.17, 15) is 9.59 Å². The number of carbonyl (C=O) groups is 1. The fourth-order valence-electron chi connectivity index (χ4n) is 3.99. The van der Waals surface area contributed by atoms with Gasteiger partial charge in [-0.1, -0.05) is 58.7 Å². The van der Waals surface area contributed by atoms with E-state index in [-0.39, 0.29) is 29.3 Å². The molecule has 0 atom stereocenters. The molecule has 0 spiro atoms. The van der Waals surface area contributed by atoms with Crippen molar-refractivity contribution in [2.45, 2.75) is 26.8 Å². The smallest absolute Gasteiger partial charge is 0.263 e. The molecule has 0 bridgehead atoms. The monoisotopic (exact) mass is 513 g/mol. The number of carbonyl (C=O) groups excluding carboxylic acids is 1. The highest BCUT2D eigenvalue weighted by Crippen LogP contribution is 2.22. The van der Waals surface area contributed by atoms with Crippen LogP contribution in [-0.4, -0.2) is 32.1 Å². The van der Waals surface area contributed by atoms with Gasteiger partial charge in [-0.2, -0.15) is 4.98 Å². The third-order valence-corrected chi connectivity index (χ3v) is 6.24. The predicted molar refractivity (Wildman–Crippen MR) is 142 cm³/mol. The van der Waals surface area contributed by atoms with Crippen molar-refractivity contribution in [3.63, 3.8) is 0 Å². The zero-order valence-corrected chi connectivity index (χ0v) is 21.1. The molecule has 0 radical (unpaired) electrons. The maximum absolute atomic E-state index is 13.3. The molecule has 0 unspecified atom stereocenters. The van der Waals surface area contributed by atoms with E-state index < -0.39 is 0 Å². The molecule has 37 heavy (non-hydrogen) atoms. The standard InChI is InChI=1S/C28H24ClN5O3/c1-17-3-8-20(9-4-17)26-32-28(37-33-26)23-15-34(27-22(25(23)36)12-5-18(2)31-27)16-24(35)30-14-13-19-6-10-21(29)11-7-19/h3-12,15H,13-14,16H2,1-2H3,(H,30,35). The number of nitrogens with one attached hydrogen (secondary N) is 1. The Morgan fingerprint density at radius 2 is 1.76 bits per heavy atom. The molecule has 1 N–H and O–H groups in total. The van der Waals surface area contributed by atoms with Crippen LogP contribution in [0, 0.1) is 13.8 Å². The van der Waals surface area contributed by atoms with E-state index in [0.717, 1.165) is 22.4 Å². The number of aryl methyl sites for hydroxylation is 2. The summed E-state index contributed by atoms with van der Waals surface area (Å²) < 4.78 is 7.11. The number of amides is 1. The lowest BCUT2D eigenvalue weighted by atomic mass is 10.1. The lowest BCUT2D eigenvalue weighted by Gasteiger charge is -2.12. The van der Waals surface area contributed by atoms with Gasteiger partial charge in [0, 0.05) is 29.0 Å². The number of hydrogen-bond donors (Lipinski definition) is 1. The zero-order chi connectivity index (χ0) is 25.9. The molecule has 0 saturated heterocycles. The van der Waals surface area contributed by atoms with Crippen LogP contribution < -0.4 is 10.7 Å². The first-order valence-corrected chi connectivity index (χ1v) is 12.2. The summed E-state index contributed by atoms with van der Waals surface area (Å²) in [6.45, 7) is 4.26. The van der Waals surface area contributed by atoms with Gasteiger partial charge in [0.05, 0.1) is 5.39 Å². The molecule has 9 heteroatoms. The summed E-state index contributed by atoms with van der Waals surface area (Å²) in [7, 11) is 0. The van der Waals surface area contributed by atoms with E-state index in [1.807, 2.05) is 62.4 Å². The third-order valence-electron chi connectivity index (χ3n) is 5.99. The molecule has 0 saturated carbocycles. The summed E-state index contributed by atoms with van der Waals surface area (Å²) in [5.41, 5.74) is 4.02. The molecule has 2 aromatic carbocycles. The molecule has 0 aliphatic rings. The van der Waals surface area contributed by atoms with E-state index in [4.69, 9.17) is 16.1 Å². The highest BCUT2D eigenvalue weighted by molar-refractivity contribution is 6.30. The van der Waals surface area contributed by atoms with Gasteiger partial charge in [-0.3, -0.25) is 9.59 Å². The SMILES string of the molecule is Cc1ccc(-c2noc(-c3cn(CC(=O)NCCc4ccc(Cl)cc4)c4nc(C)ccc4c3=O)n2)cc1. The van der Waals surface area contributed by atoms with Crippen LogP contribution in [-0.2, 0) is 17.8 Å². The second kappa shape index (κ2) is 10.4. The first-order chi connectivity index (χ1) is 17.9. The van der Waals surface area contributed by atoms with Crippen molar-refractivity contribution in [2.75, 3.05) is 6.54 Å². The van der Waals surface area contributed by atoms with Crippen molar-refractivity contribution in [3.05, 3.63) is 98.9 Å². The van der Waals surface area contributed by atoms with Crippen LogP contribution in [0.25, 0.3) is 33.9 Å². The third kappa shape index (κ3) is 5.44. The van der Waals surface area contributed by atoms with Crippen molar-refractivity contribution < 1.29 is 9.32 Å². The van der Waals surface area contributed by atoms with Crippen molar-refractivity contribution in [1.29, 1.82) is 0 Å². The van der Waals surface area contributed by atoms with Gasteiger partial charge >= 0.3 is 0 Å². The largest absolute Gasteiger partial charge is 0.354 e. The summed E-state index contributed by atoms with van der Waals surface area (Å²) in [6.07, 6.45) is 2.22. The average molecular weight is 514 g/mol. The number of hydrogen-bond acceptors (Lipinski definition) is 6. The molecule has 0 fully saturated rings. The Bertz CT molecular complexity index is 1640. The van der Waals surface area contributed by atoms with Gasteiger partial charge in [0.2, 0.25) is 17.2 Å². The molecule has 186 valence electrons. The second-order valence-electron chi connectivity index (χ2n) is 8.84. The normalized spacial score (nSPS) is 11.1. The van der Waals surface area contributed by atoms with Crippen molar-refractivity contribution in [3.8, 4) is 22.8 Å². The summed E-state index contributed by atoms with van der Waals surface area (Å²) in [5.74, 6) is 0.252. The fraction of sp³-hybridized carbons (Fsp3) is 0.179. The summed E-state index contributed by atoms with van der Waals surface area (Å²) >= 11 is 5.94. The molecular formula is C28H24ClN5O3. The minimum Gasteiger partial charge on any atom is -0.354 e. The number of aromatic nitrogens is 4. The number of benzene rings is 2. The summed E-state index contributed by atoms with van der Waals surface area (Å²) in [5, 5.41) is 8.02. The molecule has 5 rings (SSSR count). The number of halogens is 1. The predicted octanol–water partition coefficient (Wildman–Crippen LogP) is 4.74. The highest BCUT2D eigenvalue weighted by atomic mass is 35.5. The summed E-state index contributed by atoms with van der Waals surface area (Å²) in [4.78, 5) is 35.1. The minimum absolute atomic E-state index is 0.0280. The van der Waals surface area contributed by atoms with Crippen LogP contribution in [0.5, 0.6) is 0 Å². The van der Waals surface area contributed by atoms with E-state index in [0.29, 0.717) is 34.8 Å². The summed E-state index contributed by atoms with van der Waals surface area (Å²) in [6, 6.07) is 18.7. The number of fused-ring (bicyclic) bond motifs is 1. The number of nitrogens with zero attached hydrogens (tertiary/aromatic N) is 4. The lowest BCUT2D eigenvalue weighted by Crippen LogP contribution is -2.30. The van der Waals surface area contributed by atoms with Gasteiger partial charge in [0.1, 0.15) is 17.8 Å². The first kappa shape index (κ1) is 24.4. The maximum Gasteiger partial charge on any atom is 0.263 e. The Morgan fingerprint density at radius 1 is 1.00 bits per heavy atom. The van der Waals surface area contributed by atoms with Crippen LogP contribution in [0.4, 0.5) is 0 Å². The molecule has 3 heterocycles. The molecule has 5 aromatic rings. The molecular weight excluding hydrogens is 490 g/mol. The van der Waals surface area contributed by atoms with E-state index in [1.165, 1.54) is 0 Å². The van der Waals surface area contributed by atoms with Crippen LogP contribution in [0.1, 0.15) is 16.8 Å². The average Bonchev–Trinajstić information content (AvgIpc) is 3.37. The van der Waals surface area contributed by atoms with Gasteiger partial charge in [-0.05, 0) is 50.1 Å². The van der Waals surface area contributed by atoms with Crippen LogP contribution in [0.15, 0.2) is 76.2 Å². The Hall–Kier alpha value is -4.30. The molecule has 0 aliphatic carbocycles. The lowest BCUT2D eigenvalue weighted by molar-refractivity contribution is -0.121. The second-order valence-corrected chi connectivity index (χ2v) is 9.28. The Morgan fingerprint density at radius 3 is 2.51 bits per heavy atom. The Kier molecular flexibility index (Phi) is 6.83. The molecule has 8 nitrogen and oxygen atoms in total. The van der Waals surface area contributed by atoms with Gasteiger partial charge in [-0.15, -0.1) is 0 Å². The van der Waals surface area contributed by atoms with Crippen LogP contribution in [0.2, 0.25) is 5.02 Å². The maximum atomic E-state index is 13.3. The fourth-order valence-corrected chi connectivity index (χ4v) is 4.12. The van der Waals surface area contributed by atoms with E-state index in [2.05, 4.69) is 20.4 Å². The molecule has 1 amide bonds. The number of pyridine rings is 2. The van der Waals surface area contributed by atoms with E-state index in [1.54, 1.807) is 22.9 Å². The molecule has 3 aromatic heterocycles. The quantitative estimate of drug-likeness (QED) is 0.337. The van der Waals surface area contributed by atoms with Crippen LogP contribution >= 0.6 is 11.6 Å². The van der Waals surface area contributed by atoms with Crippen molar-refractivity contribution in [1.82, 2.24) is 25.0 Å². The Balaban J connectivity index is 1.42. The number of rotatable bonds is 7. The van der Waals surface area contributed by atoms with Crippen LogP contribution in [0.3, 0.4) is 0 Å². The minimum atomic E-state index is -0.291. The van der Waals surface area contributed by atoms with E-state index >= 15 is 0 Å². The zero-order valence-electron chi connectivity index (χ0n) is 20.4. The van der Waals surface area contributed by atoms with Crippen molar-refractivity contribution >= 4 is 28.5 Å². The topological polar surface area (TPSA) is 103 Å². The van der Waals surface area contributed by atoms with Gasteiger partial charge in [0.15, 0.2) is 0 Å². The molecule has 0 aliphatic heterocycles. The Labute approximate surface area is 217 Å².